The summed E-state index contributed by atoms with van der Waals surface area (Å²) in [7, 11) is 1.65. The highest BCUT2D eigenvalue weighted by Gasteiger charge is 2.35. The monoisotopic (exact) mass is 469 g/mol. The van der Waals surface area contributed by atoms with Crippen LogP contribution in [0.2, 0.25) is 0 Å². The number of carbonyl (C=O) groups is 1. The molecule has 180 valence electrons. The molecule has 6 nitrogen and oxygen atoms in total. The van der Waals surface area contributed by atoms with Gasteiger partial charge in [0.25, 0.3) is 0 Å². The highest BCUT2D eigenvalue weighted by molar-refractivity contribution is 5.97. The van der Waals surface area contributed by atoms with Gasteiger partial charge in [-0.2, -0.15) is 0 Å². The van der Waals surface area contributed by atoms with Crippen molar-refractivity contribution < 1.29 is 14.3 Å². The number of ether oxygens (including phenoxy) is 2. The molecule has 2 heterocycles. The molecule has 0 spiro atoms. The van der Waals surface area contributed by atoms with Crippen molar-refractivity contribution in [1.29, 1.82) is 0 Å². The highest BCUT2D eigenvalue weighted by Crippen LogP contribution is 2.35. The first-order valence-electron chi connectivity index (χ1n) is 12.1. The van der Waals surface area contributed by atoms with E-state index in [0.717, 1.165) is 58.1 Å². The second-order valence-corrected chi connectivity index (χ2v) is 9.16. The summed E-state index contributed by atoms with van der Waals surface area (Å²) in [5.41, 5.74) is 5.34. The standard InChI is InChI=1S/C29H31N3O3/c1-20-13-14-21(2)25(17-20)32-19-22(18-28(32)33)29-30-23-9-4-5-10-24(23)31(29)15-8-16-35-27-12-7-6-11-26(27)34-3/h4-7,9-14,17,22H,8,15-16,18-19H2,1-3H3. The number of para-hydroxylation sites is 4. The van der Waals surface area contributed by atoms with Crippen LogP contribution in [-0.4, -0.2) is 35.7 Å². The SMILES string of the molecule is COc1ccccc1OCCCn1c(C2CC(=O)N(c3cc(C)ccc3C)C2)nc2ccccc21. The third kappa shape index (κ3) is 4.61. The number of aromatic nitrogens is 2. The van der Waals surface area contributed by atoms with E-state index in [2.05, 4.69) is 42.7 Å². The zero-order valence-corrected chi connectivity index (χ0v) is 20.5. The summed E-state index contributed by atoms with van der Waals surface area (Å²) in [6, 6.07) is 22.2. The average molecular weight is 470 g/mol. The maximum Gasteiger partial charge on any atom is 0.227 e. The molecule has 1 atom stereocenters. The van der Waals surface area contributed by atoms with E-state index in [9.17, 15) is 4.79 Å². The lowest BCUT2D eigenvalue weighted by Gasteiger charge is -2.20. The van der Waals surface area contributed by atoms with Gasteiger partial charge in [-0.05, 0) is 61.7 Å². The normalized spacial score (nSPS) is 15.7. The number of hydrogen-bond donors (Lipinski definition) is 0. The van der Waals surface area contributed by atoms with E-state index in [1.54, 1.807) is 7.11 Å². The Balaban J connectivity index is 1.36. The van der Waals surface area contributed by atoms with Crippen molar-refractivity contribution in [2.75, 3.05) is 25.2 Å². The number of hydrogen-bond acceptors (Lipinski definition) is 4. The third-order valence-electron chi connectivity index (χ3n) is 6.68. The zero-order chi connectivity index (χ0) is 24.4. The van der Waals surface area contributed by atoms with Crippen LogP contribution in [0.25, 0.3) is 11.0 Å². The molecule has 35 heavy (non-hydrogen) atoms. The molecule has 1 aliphatic heterocycles. The number of amides is 1. The fourth-order valence-corrected chi connectivity index (χ4v) is 4.91. The molecule has 5 rings (SSSR count). The first-order chi connectivity index (χ1) is 17.0. The van der Waals surface area contributed by atoms with Crippen molar-refractivity contribution in [3.63, 3.8) is 0 Å². The summed E-state index contributed by atoms with van der Waals surface area (Å²) < 4.78 is 13.7. The Morgan fingerprint density at radius 3 is 2.60 bits per heavy atom. The van der Waals surface area contributed by atoms with Gasteiger partial charge < -0.3 is 18.9 Å². The predicted octanol–water partition coefficient (Wildman–Crippen LogP) is 5.65. The summed E-state index contributed by atoms with van der Waals surface area (Å²) in [4.78, 5) is 20.0. The van der Waals surface area contributed by atoms with Crippen LogP contribution in [0.5, 0.6) is 11.5 Å². The molecular formula is C29H31N3O3. The summed E-state index contributed by atoms with van der Waals surface area (Å²) in [6.07, 6.45) is 1.28. The Morgan fingerprint density at radius 2 is 1.77 bits per heavy atom. The molecule has 1 aromatic heterocycles. The van der Waals surface area contributed by atoms with E-state index >= 15 is 0 Å². The molecule has 1 amide bonds. The summed E-state index contributed by atoms with van der Waals surface area (Å²) in [5.74, 6) is 2.66. The maximum absolute atomic E-state index is 13.1. The van der Waals surface area contributed by atoms with Crippen molar-refractivity contribution in [3.8, 4) is 11.5 Å². The summed E-state index contributed by atoms with van der Waals surface area (Å²) >= 11 is 0. The second-order valence-electron chi connectivity index (χ2n) is 9.16. The second kappa shape index (κ2) is 9.82. The lowest BCUT2D eigenvalue weighted by molar-refractivity contribution is -0.117. The lowest BCUT2D eigenvalue weighted by atomic mass is 10.1. The fraction of sp³-hybridized carbons (Fsp3) is 0.310. The highest BCUT2D eigenvalue weighted by atomic mass is 16.5. The molecule has 0 bridgehead atoms. The molecular weight excluding hydrogens is 438 g/mol. The number of methoxy groups -OCH3 is 1. The van der Waals surface area contributed by atoms with Crippen molar-refractivity contribution in [1.82, 2.24) is 9.55 Å². The van der Waals surface area contributed by atoms with Crippen LogP contribution in [0.15, 0.2) is 66.7 Å². The number of anilines is 1. The molecule has 0 N–H and O–H groups in total. The van der Waals surface area contributed by atoms with Crippen molar-refractivity contribution in [2.45, 2.75) is 39.2 Å². The van der Waals surface area contributed by atoms with Gasteiger partial charge in [0, 0.05) is 31.1 Å². The van der Waals surface area contributed by atoms with Gasteiger partial charge in [-0.15, -0.1) is 0 Å². The molecule has 3 aromatic carbocycles. The van der Waals surface area contributed by atoms with Gasteiger partial charge in [0.05, 0.1) is 24.8 Å². The number of carbonyl (C=O) groups excluding carboxylic acids is 1. The molecule has 0 saturated carbocycles. The van der Waals surface area contributed by atoms with Crippen LogP contribution in [0.4, 0.5) is 5.69 Å². The van der Waals surface area contributed by atoms with Crippen molar-refractivity contribution in [3.05, 3.63) is 83.7 Å². The van der Waals surface area contributed by atoms with Crippen LogP contribution in [0.3, 0.4) is 0 Å². The van der Waals surface area contributed by atoms with Crippen LogP contribution in [0, 0.1) is 13.8 Å². The van der Waals surface area contributed by atoms with Gasteiger partial charge in [-0.25, -0.2) is 4.98 Å². The van der Waals surface area contributed by atoms with Gasteiger partial charge in [-0.3, -0.25) is 4.79 Å². The molecule has 0 aliphatic carbocycles. The largest absolute Gasteiger partial charge is 0.493 e. The predicted molar refractivity (Wildman–Crippen MR) is 138 cm³/mol. The topological polar surface area (TPSA) is 56.6 Å². The molecule has 6 heteroatoms. The number of benzene rings is 3. The number of nitrogens with zero attached hydrogens (tertiary/aromatic N) is 3. The minimum atomic E-state index is 0.0462. The Morgan fingerprint density at radius 1 is 1.00 bits per heavy atom. The lowest BCUT2D eigenvalue weighted by Crippen LogP contribution is -2.25. The van der Waals surface area contributed by atoms with Gasteiger partial charge in [0.1, 0.15) is 5.82 Å². The van der Waals surface area contributed by atoms with Crippen LogP contribution < -0.4 is 14.4 Å². The van der Waals surface area contributed by atoms with Crippen molar-refractivity contribution in [2.24, 2.45) is 0 Å². The summed E-state index contributed by atoms with van der Waals surface area (Å²) in [6.45, 7) is 6.09. The first kappa shape index (κ1) is 23.0. The van der Waals surface area contributed by atoms with E-state index in [1.165, 1.54) is 0 Å². The molecule has 1 saturated heterocycles. The number of rotatable bonds is 8. The molecule has 1 fully saturated rings. The molecule has 1 aliphatic rings. The molecule has 1 unspecified atom stereocenters. The minimum Gasteiger partial charge on any atom is -0.493 e. The van der Waals surface area contributed by atoms with E-state index in [0.29, 0.717) is 19.6 Å². The van der Waals surface area contributed by atoms with Gasteiger partial charge in [0.2, 0.25) is 5.91 Å². The minimum absolute atomic E-state index is 0.0462. The Kier molecular flexibility index (Phi) is 6.45. The molecule has 0 radical (unpaired) electrons. The zero-order valence-electron chi connectivity index (χ0n) is 20.5. The Hall–Kier alpha value is -3.80. The van der Waals surface area contributed by atoms with Crippen LogP contribution in [-0.2, 0) is 11.3 Å². The number of fused-ring (bicyclic) bond motifs is 1. The first-order valence-corrected chi connectivity index (χ1v) is 12.1. The summed E-state index contributed by atoms with van der Waals surface area (Å²) in [5, 5.41) is 0. The van der Waals surface area contributed by atoms with Gasteiger partial charge in [0.15, 0.2) is 11.5 Å². The van der Waals surface area contributed by atoms with E-state index in [1.807, 2.05) is 47.4 Å². The quantitative estimate of drug-likeness (QED) is 0.313. The molecule has 4 aromatic rings. The van der Waals surface area contributed by atoms with E-state index in [4.69, 9.17) is 14.5 Å². The van der Waals surface area contributed by atoms with Crippen LogP contribution >= 0.6 is 0 Å². The Labute approximate surface area is 206 Å². The number of aryl methyl sites for hydroxylation is 3. The van der Waals surface area contributed by atoms with Gasteiger partial charge >= 0.3 is 0 Å². The smallest absolute Gasteiger partial charge is 0.227 e. The van der Waals surface area contributed by atoms with Crippen LogP contribution in [0.1, 0.15) is 35.7 Å². The Bertz CT molecular complexity index is 1360. The fourth-order valence-electron chi connectivity index (χ4n) is 4.91. The number of imidazole rings is 1. The van der Waals surface area contributed by atoms with E-state index in [-0.39, 0.29) is 11.8 Å². The van der Waals surface area contributed by atoms with E-state index < -0.39 is 0 Å². The van der Waals surface area contributed by atoms with Crippen molar-refractivity contribution >= 4 is 22.6 Å². The third-order valence-corrected chi connectivity index (χ3v) is 6.68. The maximum atomic E-state index is 13.1. The van der Waals surface area contributed by atoms with Gasteiger partial charge in [-0.1, -0.05) is 36.4 Å². The average Bonchev–Trinajstić information content (AvgIpc) is 3.44.